The van der Waals surface area contributed by atoms with E-state index in [4.69, 9.17) is 18.5 Å². The summed E-state index contributed by atoms with van der Waals surface area (Å²) in [5.41, 5.74) is 0. The van der Waals surface area contributed by atoms with Gasteiger partial charge in [-0.05, 0) is 31.1 Å². The minimum absolute atomic E-state index is 0.244. The molecule has 13 heteroatoms. The van der Waals surface area contributed by atoms with Crippen LogP contribution in [0.15, 0.2) is 48.9 Å². The fourth-order valence-electron chi connectivity index (χ4n) is 3.37. The highest BCUT2D eigenvalue weighted by Gasteiger charge is 2.61. The van der Waals surface area contributed by atoms with E-state index in [-0.39, 0.29) is 6.61 Å². The van der Waals surface area contributed by atoms with Gasteiger partial charge in [0.2, 0.25) is 6.23 Å². The number of rotatable bonds is 10. The SMILES string of the molecule is C=C/C=C\N(C(=O)NC)C1OC(COP(NC2CCOC2=O)OC2=CCCC=C2)C(O)C1(F)F. The van der Waals surface area contributed by atoms with E-state index < -0.39 is 57.5 Å². The van der Waals surface area contributed by atoms with Gasteiger partial charge in [-0.2, -0.15) is 8.78 Å². The Labute approximate surface area is 197 Å². The molecule has 1 aliphatic carbocycles. The number of alkyl halides is 2. The highest BCUT2D eigenvalue weighted by Crippen LogP contribution is 2.43. The van der Waals surface area contributed by atoms with E-state index in [0.717, 1.165) is 19.0 Å². The van der Waals surface area contributed by atoms with E-state index in [1.165, 1.54) is 19.2 Å². The smallest absolute Gasteiger partial charge is 0.323 e. The Morgan fingerprint density at radius 2 is 2.26 bits per heavy atom. The molecule has 0 aromatic carbocycles. The first kappa shape index (κ1) is 26.2. The number of carbonyl (C=O) groups is 2. The average molecular weight is 503 g/mol. The molecule has 2 heterocycles. The molecule has 3 N–H and O–H groups in total. The van der Waals surface area contributed by atoms with E-state index in [2.05, 4.69) is 17.0 Å². The molecule has 0 aromatic rings. The maximum Gasteiger partial charge on any atom is 0.323 e. The lowest BCUT2D eigenvalue weighted by Gasteiger charge is -2.28. The molecule has 2 amide bonds. The number of halogens is 2. The molecular formula is C21H28F2N3O7P. The predicted octanol–water partition coefficient (Wildman–Crippen LogP) is 2.45. The van der Waals surface area contributed by atoms with Crippen LogP contribution in [-0.2, 0) is 23.3 Å². The van der Waals surface area contributed by atoms with Gasteiger partial charge in [0.25, 0.3) is 0 Å². The minimum atomic E-state index is -3.80. The third-order valence-corrected chi connectivity index (χ3v) is 6.45. The van der Waals surface area contributed by atoms with Crippen molar-refractivity contribution >= 4 is 20.5 Å². The number of urea groups is 1. The first-order chi connectivity index (χ1) is 16.3. The van der Waals surface area contributed by atoms with Crippen molar-refractivity contribution in [2.45, 2.75) is 49.7 Å². The number of ether oxygens (including phenoxy) is 2. The van der Waals surface area contributed by atoms with Crippen LogP contribution in [0.4, 0.5) is 13.6 Å². The van der Waals surface area contributed by atoms with Gasteiger partial charge in [0.05, 0.1) is 13.2 Å². The molecule has 2 aliphatic heterocycles. The molecule has 0 aromatic heterocycles. The van der Waals surface area contributed by atoms with Crippen molar-refractivity contribution in [3.8, 4) is 0 Å². The van der Waals surface area contributed by atoms with Gasteiger partial charge >= 0.3 is 26.4 Å². The van der Waals surface area contributed by atoms with Crippen molar-refractivity contribution in [2.75, 3.05) is 20.3 Å². The summed E-state index contributed by atoms with van der Waals surface area (Å²) in [6.45, 7) is 3.21. The first-order valence-corrected chi connectivity index (χ1v) is 11.9. The van der Waals surface area contributed by atoms with Crippen LogP contribution in [0, 0.1) is 0 Å². The third kappa shape index (κ3) is 6.19. The molecule has 5 unspecified atom stereocenters. The van der Waals surface area contributed by atoms with E-state index in [1.54, 1.807) is 6.08 Å². The summed E-state index contributed by atoms with van der Waals surface area (Å²) in [4.78, 5) is 24.6. The Morgan fingerprint density at radius 1 is 1.47 bits per heavy atom. The van der Waals surface area contributed by atoms with Crippen molar-refractivity contribution in [1.29, 1.82) is 0 Å². The lowest BCUT2D eigenvalue weighted by molar-refractivity contribution is -0.144. The molecule has 0 radical (unpaired) electrons. The van der Waals surface area contributed by atoms with Crippen molar-refractivity contribution in [3.05, 3.63) is 48.9 Å². The van der Waals surface area contributed by atoms with Gasteiger partial charge in [0, 0.05) is 19.7 Å². The lowest BCUT2D eigenvalue weighted by atomic mass is 10.1. The second-order valence-electron chi connectivity index (χ2n) is 7.55. The van der Waals surface area contributed by atoms with Gasteiger partial charge in [-0.1, -0.05) is 18.7 Å². The zero-order chi connectivity index (χ0) is 24.7. The number of aliphatic hydroxyl groups is 1. The Bertz CT molecular complexity index is 854. The fourth-order valence-corrected chi connectivity index (χ4v) is 4.64. The Morgan fingerprint density at radius 3 is 2.88 bits per heavy atom. The van der Waals surface area contributed by atoms with Gasteiger partial charge in [-0.25, -0.2) is 9.88 Å². The quantitative estimate of drug-likeness (QED) is 0.236. The molecule has 2 fully saturated rings. The normalized spacial score (nSPS) is 28.9. The van der Waals surface area contributed by atoms with Crippen LogP contribution >= 0.6 is 8.53 Å². The van der Waals surface area contributed by atoms with E-state index in [0.29, 0.717) is 17.1 Å². The fraction of sp³-hybridized carbons (Fsp3) is 0.524. The number of amides is 2. The molecule has 2 saturated heterocycles. The number of carbonyl (C=O) groups excluding carboxylic acids is 2. The summed E-state index contributed by atoms with van der Waals surface area (Å²) in [5, 5.41) is 15.4. The second-order valence-corrected chi connectivity index (χ2v) is 8.77. The summed E-state index contributed by atoms with van der Waals surface area (Å²) >= 11 is 0. The molecule has 3 rings (SSSR count). The van der Waals surface area contributed by atoms with Crippen molar-refractivity contribution in [3.63, 3.8) is 0 Å². The molecule has 188 valence electrons. The average Bonchev–Trinajstić information content (AvgIpc) is 3.33. The summed E-state index contributed by atoms with van der Waals surface area (Å²) in [5.74, 6) is -3.76. The number of aliphatic hydroxyl groups excluding tert-OH is 1. The largest absolute Gasteiger partial charge is 0.464 e. The minimum Gasteiger partial charge on any atom is -0.464 e. The highest BCUT2D eigenvalue weighted by atomic mass is 31.2. The van der Waals surface area contributed by atoms with Crippen LogP contribution in [0.3, 0.4) is 0 Å². The van der Waals surface area contributed by atoms with E-state index in [9.17, 15) is 23.5 Å². The molecule has 5 atom stereocenters. The molecule has 3 aliphatic rings. The van der Waals surface area contributed by atoms with Gasteiger partial charge < -0.3 is 28.9 Å². The lowest BCUT2D eigenvalue weighted by Crippen LogP contribution is -2.51. The standard InChI is InChI=1S/C21H28F2N3O7P/c1-3-4-11-26(20(29)24-2)19-21(22,23)17(27)16(32-19)13-31-34(25-15-10-12-30-18(15)28)33-14-8-6-5-7-9-14/h3-4,6,8-9,11,15-17,19,25,27H,1,5,7,10,12-13H2,2H3,(H,24,29)/b11-4-. The van der Waals surface area contributed by atoms with Crippen molar-refractivity contribution in [2.24, 2.45) is 0 Å². The van der Waals surface area contributed by atoms with Gasteiger partial charge in [0.15, 0.2) is 6.10 Å². The Hall–Kier alpha value is -2.37. The van der Waals surface area contributed by atoms with Crippen LogP contribution in [0.25, 0.3) is 0 Å². The van der Waals surface area contributed by atoms with Crippen LogP contribution < -0.4 is 10.4 Å². The van der Waals surface area contributed by atoms with Crippen LogP contribution in [0.1, 0.15) is 19.3 Å². The summed E-state index contributed by atoms with van der Waals surface area (Å²) < 4.78 is 51.5. The number of hydrogen-bond donors (Lipinski definition) is 3. The number of hydrogen-bond acceptors (Lipinski definition) is 8. The van der Waals surface area contributed by atoms with E-state index in [1.807, 2.05) is 12.2 Å². The molecule has 0 spiro atoms. The number of esters is 1. The predicted molar refractivity (Wildman–Crippen MR) is 118 cm³/mol. The molecule has 0 saturated carbocycles. The van der Waals surface area contributed by atoms with Gasteiger partial charge in [-0.15, -0.1) is 0 Å². The van der Waals surface area contributed by atoms with Crippen molar-refractivity contribution in [1.82, 2.24) is 15.3 Å². The second kappa shape index (κ2) is 11.9. The Kier molecular flexibility index (Phi) is 9.15. The zero-order valence-corrected chi connectivity index (χ0v) is 19.5. The third-order valence-electron chi connectivity index (χ3n) is 5.17. The molecular weight excluding hydrogens is 475 g/mol. The van der Waals surface area contributed by atoms with Crippen LogP contribution in [0.2, 0.25) is 0 Å². The summed E-state index contributed by atoms with van der Waals surface area (Å²) in [7, 11) is -0.691. The summed E-state index contributed by atoms with van der Waals surface area (Å²) in [6.07, 6.45) is 5.35. The number of cyclic esters (lactones) is 1. The van der Waals surface area contributed by atoms with E-state index >= 15 is 0 Å². The molecule has 10 nitrogen and oxygen atoms in total. The topological polar surface area (TPSA) is 119 Å². The van der Waals surface area contributed by atoms with Gasteiger partial charge in [-0.3, -0.25) is 9.69 Å². The Balaban J connectivity index is 1.70. The number of nitrogens with one attached hydrogen (secondary N) is 2. The van der Waals surface area contributed by atoms with Gasteiger partial charge in [0.1, 0.15) is 17.9 Å². The number of allylic oxidation sites excluding steroid dienone is 5. The zero-order valence-electron chi connectivity index (χ0n) is 18.6. The monoisotopic (exact) mass is 503 g/mol. The van der Waals surface area contributed by atoms with Crippen LogP contribution in [-0.4, -0.2) is 72.7 Å². The number of nitrogens with zero attached hydrogens (tertiary/aromatic N) is 1. The maximum atomic E-state index is 14.9. The highest BCUT2D eigenvalue weighted by molar-refractivity contribution is 7.45. The molecule has 0 bridgehead atoms. The maximum absolute atomic E-state index is 14.9. The first-order valence-electron chi connectivity index (χ1n) is 10.7. The summed E-state index contributed by atoms with van der Waals surface area (Å²) in [6, 6.07) is -1.53. The van der Waals surface area contributed by atoms with Crippen LogP contribution in [0.5, 0.6) is 0 Å². The van der Waals surface area contributed by atoms with Crippen molar-refractivity contribution < 1.29 is 42.0 Å². The molecule has 34 heavy (non-hydrogen) atoms.